The molecule has 4 rings (SSSR count). The summed E-state index contributed by atoms with van der Waals surface area (Å²) in [6.45, 7) is 4.40. The van der Waals surface area contributed by atoms with Crippen LogP contribution in [-0.4, -0.2) is 21.7 Å². The summed E-state index contributed by atoms with van der Waals surface area (Å²) >= 11 is 0. The molecule has 0 amide bonds. The fourth-order valence-electron chi connectivity index (χ4n) is 3.71. The van der Waals surface area contributed by atoms with Gasteiger partial charge in [0.25, 0.3) is 0 Å². The number of ether oxygens (including phenoxy) is 1. The van der Waals surface area contributed by atoms with Gasteiger partial charge in [-0.25, -0.2) is 0 Å². The molecule has 0 saturated carbocycles. The SMILES string of the molecule is CC(OC(C)P(c1ccccc1)c1cccnc1)P(c1ccccc1)c1cccnc1. The van der Waals surface area contributed by atoms with E-state index >= 15 is 0 Å². The molecule has 0 N–H and O–H groups in total. The lowest BCUT2D eigenvalue weighted by Crippen LogP contribution is -2.28. The molecule has 4 unspecified atom stereocenters. The zero-order valence-electron chi connectivity index (χ0n) is 17.7. The van der Waals surface area contributed by atoms with Crippen molar-refractivity contribution in [3.05, 3.63) is 110 Å². The van der Waals surface area contributed by atoms with Gasteiger partial charge in [0.15, 0.2) is 0 Å². The van der Waals surface area contributed by atoms with Crippen LogP contribution in [0, 0.1) is 0 Å². The Bertz CT molecular complexity index is 884. The van der Waals surface area contributed by atoms with Gasteiger partial charge in [0.1, 0.15) is 0 Å². The summed E-state index contributed by atoms with van der Waals surface area (Å²) in [6.07, 6.45) is 7.61. The topological polar surface area (TPSA) is 35.0 Å². The van der Waals surface area contributed by atoms with E-state index in [-0.39, 0.29) is 11.7 Å². The van der Waals surface area contributed by atoms with Gasteiger partial charge in [-0.2, -0.15) is 0 Å². The Morgan fingerprint density at radius 3 is 1.29 bits per heavy atom. The van der Waals surface area contributed by atoms with Crippen molar-refractivity contribution in [2.24, 2.45) is 0 Å². The highest BCUT2D eigenvalue weighted by Gasteiger charge is 2.28. The van der Waals surface area contributed by atoms with Gasteiger partial charge in [-0.05, 0) is 52.4 Å². The largest absolute Gasteiger partial charge is 0.365 e. The van der Waals surface area contributed by atoms with Crippen LogP contribution in [-0.2, 0) is 4.74 Å². The molecular weight excluding hydrogens is 418 g/mol. The summed E-state index contributed by atoms with van der Waals surface area (Å²) in [5.41, 5.74) is 0. The molecular formula is C26H26N2OP2. The molecule has 0 aliphatic heterocycles. The number of aromatic nitrogens is 2. The summed E-state index contributed by atoms with van der Waals surface area (Å²) in [4.78, 5) is 8.76. The lowest BCUT2D eigenvalue weighted by atomic mass is 10.4. The van der Waals surface area contributed by atoms with Gasteiger partial charge >= 0.3 is 0 Å². The Morgan fingerprint density at radius 1 is 0.548 bits per heavy atom. The predicted molar refractivity (Wildman–Crippen MR) is 134 cm³/mol. The minimum atomic E-state index is -0.697. The summed E-state index contributed by atoms with van der Waals surface area (Å²) in [7, 11) is -1.39. The van der Waals surface area contributed by atoms with Crippen LogP contribution in [0.15, 0.2) is 110 Å². The molecule has 0 spiro atoms. The molecule has 0 aliphatic carbocycles. The van der Waals surface area contributed by atoms with Crippen molar-refractivity contribution in [3.63, 3.8) is 0 Å². The summed E-state index contributed by atoms with van der Waals surface area (Å²) in [5.74, 6) is 0.0870. The number of rotatable bonds is 8. The van der Waals surface area contributed by atoms with Gasteiger partial charge in [-0.3, -0.25) is 9.97 Å². The van der Waals surface area contributed by atoms with Gasteiger partial charge in [-0.15, -0.1) is 0 Å². The zero-order valence-corrected chi connectivity index (χ0v) is 19.5. The highest BCUT2D eigenvalue weighted by molar-refractivity contribution is 7.74. The molecule has 156 valence electrons. The Kier molecular flexibility index (Phi) is 7.54. The highest BCUT2D eigenvalue weighted by atomic mass is 31.1. The van der Waals surface area contributed by atoms with E-state index in [2.05, 4.69) is 96.6 Å². The van der Waals surface area contributed by atoms with Crippen molar-refractivity contribution in [1.29, 1.82) is 0 Å². The first-order valence-electron chi connectivity index (χ1n) is 10.4. The Balaban J connectivity index is 1.65. The van der Waals surface area contributed by atoms with Crippen molar-refractivity contribution < 1.29 is 4.74 Å². The third-order valence-electron chi connectivity index (χ3n) is 5.04. The maximum absolute atomic E-state index is 6.79. The number of nitrogens with zero attached hydrogens (tertiary/aromatic N) is 2. The highest BCUT2D eigenvalue weighted by Crippen LogP contribution is 2.46. The van der Waals surface area contributed by atoms with E-state index in [1.165, 1.54) is 21.2 Å². The monoisotopic (exact) mass is 444 g/mol. The van der Waals surface area contributed by atoms with Crippen molar-refractivity contribution in [1.82, 2.24) is 9.97 Å². The first-order valence-corrected chi connectivity index (χ1v) is 13.2. The minimum Gasteiger partial charge on any atom is -0.365 e. The molecule has 2 aromatic heterocycles. The van der Waals surface area contributed by atoms with Crippen LogP contribution in [0.2, 0.25) is 0 Å². The van der Waals surface area contributed by atoms with Crippen LogP contribution in [0.1, 0.15) is 13.8 Å². The molecule has 4 atom stereocenters. The summed E-state index contributed by atoms with van der Waals surface area (Å²) < 4.78 is 6.79. The Hall–Kier alpha value is -2.44. The minimum absolute atomic E-state index is 0.0435. The molecule has 5 heteroatoms. The van der Waals surface area contributed by atoms with E-state index in [0.29, 0.717) is 0 Å². The van der Waals surface area contributed by atoms with Gasteiger partial charge in [0, 0.05) is 35.4 Å². The van der Waals surface area contributed by atoms with E-state index in [1.54, 1.807) is 0 Å². The van der Waals surface area contributed by atoms with Crippen LogP contribution in [0.3, 0.4) is 0 Å². The molecule has 31 heavy (non-hydrogen) atoms. The second-order valence-electron chi connectivity index (χ2n) is 7.17. The van der Waals surface area contributed by atoms with E-state index in [0.717, 1.165) is 0 Å². The van der Waals surface area contributed by atoms with Crippen molar-refractivity contribution in [3.8, 4) is 0 Å². The van der Waals surface area contributed by atoms with Crippen LogP contribution in [0.4, 0.5) is 0 Å². The van der Waals surface area contributed by atoms with Gasteiger partial charge in [0.05, 0.1) is 11.7 Å². The average Bonchev–Trinajstić information content (AvgIpc) is 2.82. The predicted octanol–water partition coefficient (Wildman–Crippen LogP) is 4.75. The normalized spacial score (nSPS) is 15.0. The van der Waals surface area contributed by atoms with Gasteiger partial charge < -0.3 is 4.74 Å². The summed E-state index contributed by atoms with van der Waals surface area (Å²) in [5, 5.41) is 5.06. The van der Waals surface area contributed by atoms with Crippen molar-refractivity contribution in [2.75, 3.05) is 0 Å². The van der Waals surface area contributed by atoms with E-state index < -0.39 is 15.8 Å². The second kappa shape index (κ2) is 10.7. The Labute approximate surface area is 187 Å². The first-order chi connectivity index (χ1) is 15.2. The van der Waals surface area contributed by atoms with Crippen LogP contribution >= 0.6 is 15.8 Å². The Morgan fingerprint density at radius 2 is 0.935 bits per heavy atom. The molecule has 4 aromatic rings. The number of hydrogen-bond donors (Lipinski definition) is 0. The third kappa shape index (κ3) is 5.43. The molecule has 3 nitrogen and oxygen atoms in total. The van der Waals surface area contributed by atoms with Crippen molar-refractivity contribution in [2.45, 2.75) is 25.5 Å². The number of pyridine rings is 2. The standard InChI is InChI=1S/C26H26N2OP2/c1-21(30(23-11-5-3-6-12-23)25-15-9-17-27-19-25)29-22(2)31(24-13-7-4-8-14-24)26-16-10-18-28-20-26/h3-22H,1-2H3. The molecule has 2 aromatic carbocycles. The third-order valence-corrected chi connectivity index (χ3v) is 10.1. The number of hydrogen-bond acceptors (Lipinski definition) is 3. The first kappa shape index (κ1) is 21.8. The van der Waals surface area contributed by atoms with Crippen LogP contribution < -0.4 is 21.2 Å². The van der Waals surface area contributed by atoms with E-state index in [9.17, 15) is 0 Å². The van der Waals surface area contributed by atoms with E-state index in [4.69, 9.17) is 4.74 Å². The fraction of sp³-hybridized carbons (Fsp3) is 0.154. The maximum atomic E-state index is 6.79. The molecule has 0 saturated heterocycles. The molecule has 0 bridgehead atoms. The summed E-state index contributed by atoms with van der Waals surface area (Å²) in [6, 6.07) is 29.7. The van der Waals surface area contributed by atoms with Crippen molar-refractivity contribution >= 4 is 37.1 Å². The fourth-order valence-corrected chi connectivity index (χ4v) is 8.56. The van der Waals surface area contributed by atoms with Crippen LogP contribution in [0.5, 0.6) is 0 Å². The molecule has 0 fully saturated rings. The average molecular weight is 444 g/mol. The number of benzene rings is 2. The van der Waals surface area contributed by atoms with Gasteiger partial charge in [-0.1, -0.05) is 72.8 Å². The second-order valence-corrected chi connectivity index (χ2v) is 12.2. The molecule has 0 radical (unpaired) electrons. The molecule has 2 heterocycles. The smallest absolute Gasteiger partial charge is 0.0829 e. The molecule has 0 aliphatic rings. The lowest BCUT2D eigenvalue weighted by molar-refractivity contribution is 0.108. The van der Waals surface area contributed by atoms with Crippen LogP contribution in [0.25, 0.3) is 0 Å². The zero-order chi connectivity index (χ0) is 21.5. The van der Waals surface area contributed by atoms with Gasteiger partial charge in [0.2, 0.25) is 0 Å². The maximum Gasteiger partial charge on any atom is 0.0829 e. The van der Waals surface area contributed by atoms with E-state index in [1.807, 2.05) is 36.9 Å². The quantitative estimate of drug-likeness (QED) is 0.368. The lowest BCUT2D eigenvalue weighted by Gasteiger charge is -2.32.